The standard InChI is InChI=1S/C19H15FIN5/c1-11-23-24-19-22-18(14-10-12(20)7-8-17(14)26(11)19)25-9-3-4-13-15(21)5-2-6-16(13)25/h2,5-8,10H,3-4,9H2,1H3. The zero-order chi connectivity index (χ0) is 17.8. The van der Waals surface area contributed by atoms with Crippen LogP contribution in [0, 0.1) is 16.3 Å². The van der Waals surface area contributed by atoms with E-state index < -0.39 is 0 Å². The molecule has 5 nitrogen and oxygen atoms in total. The topological polar surface area (TPSA) is 46.3 Å². The number of nitrogens with zero attached hydrogens (tertiary/aromatic N) is 5. The third-order valence-corrected chi connectivity index (χ3v) is 5.91. The summed E-state index contributed by atoms with van der Waals surface area (Å²) >= 11 is 2.38. The first-order valence-corrected chi connectivity index (χ1v) is 9.57. The molecule has 0 atom stereocenters. The van der Waals surface area contributed by atoms with Crippen LogP contribution in [-0.4, -0.2) is 26.1 Å². The van der Waals surface area contributed by atoms with E-state index in [0.29, 0.717) is 5.78 Å². The van der Waals surface area contributed by atoms with Crippen molar-refractivity contribution in [3.05, 3.63) is 57.2 Å². The van der Waals surface area contributed by atoms with Crippen LogP contribution >= 0.6 is 22.6 Å². The molecule has 4 aromatic rings. The predicted octanol–water partition coefficient (Wildman–Crippen LogP) is 4.41. The molecule has 1 aliphatic rings. The van der Waals surface area contributed by atoms with E-state index in [-0.39, 0.29) is 5.82 Å². The first kappa shape index (κ1) is 15.9. The molecule has 7 heteroatoms. The first-order valence-electron chi connectivity index (χ1n) is 8.49. The Morgan fingerprint density at radius 2 is 2.04 bits per heavy atom. The summed E-state index contributed by atoms with van der Waals surface area (Å²) in [5.41, 5.74) is 3.33. The van der Waals surface area contributed by atoms with Crippen molar-refractivity contribution < 1.29 is 4.39 Å². The van der Waals surface area contributed by atoms with Crippen molar-refractivity contribution in [3.8, 4) is 0 Å². The van der Waals surface area contributed by atoms with Gasteiger partial charge in [-0.2, -0.15) is 4.98 Å². The molecule has 2 aromatic heterocycles. The Labute approximate surface area is 163 Å². The number of aryl methyl sites for hydroxylation is 1. The van der Waals surface area contributed by atoms with E-state index in [1.165, 1.54) is 15.2 Å². The minimum atomic E-state index is -0.273. The molecule has 0 saturated heterocycles. The molecule has 130 valence electrons. The Kier molecular flexibility index (Phi) is 3.59. The van der Waals surface area contributed by atoms with E-state index in [2.05, 4.69) is 55.9 Å². The molecule has 0 saturated carbocycles. The second-order valence-electron chi connectivity index (χ2n) is 6.47. The van der Waals surface area contributed by atoms with Crippen LogP contribution in [0.5, 0.6) is 0 Å². The summed E-state index contributed by atoms with van der Waals surface area (Å²) in [6.45, 7) is 2.72. The fourth-order valence-electron chi connectivity index (χ4n) is 3.75. The second kappa shape index (κ2) is 5.87. The summed E-state index contributed by atoms with van der Waals surface area (Å²) in [7, 11) is 0. The number of rotatable bonds is 1. The van der Waals surface area contributed by atoms with E-state index >= 15 is 0 Å². The number of halogens is 2. The van der Waals surface area contributed by atoms with Gasteiger partial charge in [-0.05, 0) is 78.3 Å². The van der Waals surface area contributed by atoms with Crippen molar-refractivity contribution >= 4 is 50.8 Å². The number of hydrogen-bond donors (Lipinski definition) is 0. The maximum absolute atomic E-state index is 14.1. The highest BCUT2D eigenvalue weighted by atomic mass is 127. The summed E-state index contributed by atoms with van der Waals surface area (Å²) in [6.07, 6.45) is 2.08. The van der Waals surface area contributed by atoms with Crippen molar-refractivity contribution in [2.75, 3.05) is 11.4 Å². The highest BCUT2D eigenvalue weighted by molar-refractivity contribution is 14.1. The van der Waals surface area contributed by atoms with Crippen molar-refractivity contribution in [1.29, 1.82) is 0 Å². The Balaban J connectivity index is 1.85. The quantitative estimate of drug-likeness (QED) is 0.396. The third kappa shape index (κ3) is 2.29. The average molecular weight is 459 g/mol. The number of hydrogen-bond acceptors (Lipinski definition) is 4. The fraction of sp³-hybridized carbons (Fsp3) is 0.211. The molecule has 3 heterocycles. The van der Waals surface area contributed by atoms with Crippen LogP contribution in [0.15, 0.2) is 36.4 Å². The van der Waals surface area contributed by atoms with Gasteiger partial charge in [0, 0.05) is 21.2 Å². The Bertz CT molecular complexity index is 1170. The van der Waals surface area contributed by atoms with Crippen LogP contribution in [-0.2, 0) is 6.42 Å². The van der Waals surface area contributed by atoms with E-state index in [9.17, 15) is 4.39 Å². The number of benzene rings is 2. The van der Waals surface area contributed by atoms with Gasteiger partial charge in [-0.3, -0.25) is 4.40 Å². The van der Waals surface area contributed by atoms with Crippen LogP contribution in [0.1, 0.15) is 17.8 Å². The highest BCUT2D eigenvalue weighted by Crippen LogP contribution is 2.38. The largest absolute Gasteiger partial charge is 0.325 e. The lowest BCUT2D eigenvalue weighted by Crippen LogP contribution is -2.26. The molecular weight excluding hydrogens is 444 g/mol. The molecule has 0 fully saturated rings. The van der Waals surface area contributed by atoms with Crippen molar-refractivity contribution in [2.24, 2.45) is 0 Å². The van der Waals surface area contributed by atoms with Crippen LogP contribution in [0.3, 0.4) is 0 Å². The predicted molar refractivity (Wildman–Crippen MR) is 107 cm³/mol. The molecule has 1 aliphatic heterocycles. The SMILES string of the molecule is Cc1nnc2nc(N3CCCc4c(I)cccc43)c3cc(F)ccc3n12. The lowest BCUT2D eigenvalue weighted by molar-refractivity contribution is 0.629. The van der Waals surface area contributed by atoms with E-state index in [0.717, 1.165) is 47.6 Å². The fourth-order valence-corrected chi connectivity index (χ4v) is 4.50. The summed E-state index contributed by atoms with van der Waals surface area (Å²) in [5, 5.41) is 9.12. The second-order valence-corrected chi connectivity index (χ2v) is 7.63. The van der Waals surface area contributed by atoms with Gasteiger partial charge in [0.1, 0.15) is 17.5 Å². The van der Waals surface area contributed by atoms with Crippen molar-refractivity contribution in [2.45, 2.75) is 19.8 Å². The highest BCUT2D eigenvalue weighted by Gasteiger charge is 2.24. The molecule has 0 bridgehead atoms. The van der Waals surface area contributed by atoms with Gasteiger partial charge in [0.15, 0.2) is 0 Å². The molecule has 2 aromatic carbocycles. The molecule has 0 aliphatic carbocycles. The average Bonchev–Trinajstić information content (AvgIpc) is 3.02. The van der Waals surface area contributed by atoms with Gasteiger partial charge in [0.25, 0.3) is 5.78 Å². The Morgan fingerprint density at radius 1 is 1.15 bits per heavy atom. The lowest BCUT2D eigenvalue weighted by atomic mass is 10.0. The number of aromatic nitrogens is 4. The molecular formula is C19H15FIN5. The molecule has 5 rings (SSSR count). The van der Waals surface area contributed by atoms with Crippen LogP contribution in [0.25, 0.3) is 16.7 Å². The van der Waals surface area contributed by atoms with Crippen molar-refractivity contribution in [3.63, 3.8) is 0 Å². The molecule has 0 spiro atoms. The van der Waals surface area contributed by atoms with Gasteiger partial charge in [-0.25, -0.2) is 4.39 Å². The van der Waals surface area contributed by atoms with Crippen LogP contribution in [0.4, 0.5) is 15.9 Å². The number of fused-ring (bicyclic) bond motifs is 4. The smallest absolute Gasteiger partial charge is 0.257 e. The van der Waals surface area contributed by atoms with Crippen LogP contribution in [0.2, 0.25) is 0 Å². The number of anilines is 2. The van der Waals surface area contributed by atoms with Gasteiger partial charge < -0.3 is 4.90 Å². The van der Waals surface area contributed by atoms with Gasteiger partial charge in [0.05, 0.1) is 5.52 Å². The summed E-state index contributed by atoms with van der Waals surface area (Å²) in [5.74, 6) is 1.74. The van der Waals surface area contributed by atoms with E-state index in [4.69, 9.17) is 4.98 Å². The van der Waals surface area contributed by atoms with Crippen LogP contribution < -0.4 is 4.90 Å². The molecule has 26 heavy (non-hydrogen) atoms. The maximum atomic E-state index is 14.1. The minimum Gasteiger partial charge on any atom is -0.325 e. The zero-order valence-corrected chi connectivity index (χ0v) is 16.2. The van der Waals surface area contributed by atoms with Gasteiger partial charge >= 0.3 is 0 Å². The normalized spacial score (nSPS) is 14.2. The lowest BCUT2D eigenvalue weighted by Gasteiger charge is -2.31. The zero-order valence-electron chi connectivity index (χ0n) is 14.1. The van der Waals surface area contributed by atoms with E-state index in [1.807, 2.05) is 11.3 Å². The maximum Gasteiger partial charge on any atom is 0.257 e. The summed E-state index contributed by atoms with van der Waals surface area (Å²) in [6, 6.07) is 11.1. The monoisotopic (exact) mass is 459 g/mol. The molecule has 0 N–H and O–H groups in total. The van der Waals surface area contributed by atoms with Gasteiger partial charge in [-0.1, -0.05) is 6.07 Å². The molecule has 0 unspecified atom stereocenters. The van der Waals surface area contributed by atoms with Gasteiger partial charge in [-0.15, -0.1) is 10.2 Å². The minimum absolute atomic E-state index is 0.273. The Morgan fingerprint density at radius 3 is 2.92 bits per heavy atom. The summed E-state index contributed by atoms with van der Waals surface area (Å²) < 4.78 is 17.2. The van der Waals surface area contributed by atoms with Crippen molar-refractivity contribution in [1.82, 2.24) is 19.6 Å². The van der Waals surface area contributed by atoms with E-state index in [1.54, 1.807) is 12.1 Å². The Hall–Kier alpha value is -2.29. The first-order chi connectivity index (χ1) is 12.6. The van der Waals surface area contributed by atoms with Gasteiger partial charge in [0.2, 0.25) is 0 Å². The molecule has 0 amide bonds. The molecule has 0 radical (unpaired) electrons. The summed E-state index contributed by atoms with van der Waals surface area (Å²) in [4.78, 5) is 6.95. The third-order valence-electron chi connectivity index (χ3n) is 4.90.